The van der Waals surface area contributed by atoms with Crippen molar-refractivity contribution in [2.75, 3.05) is 27.7 Å². The van der Waals surface area contributed by atoms with Crippen LogP contribution in [0.25, 0.3) is 0 Å². The number of nitrogens with zero attached hydrogens (tertiary/aromatic N) is 1. The van der Waals surface area contributed by atoms with Gasteiger partial charge in [-0.05, 0) is 59.5 Å². The Kier molecular flexibility index (Phi) is 14.0. The van der Waals surface area contributed by atoms with Crippen molar-refractivity contribution in [2.24, 2.45) is 0 Å². The lowest BCUT2D eigenvalue weighted by molar-refractivity contribution is -0.873. The van der Waals surface area contributed by atoms with Crippen molar-refractivity contribution in [1.82, 2.24) is 0 Å². The zero-order chi connectivity index (χ0) is 22.5. The van der Waals surface area contributed by atoms with Crippen molar-refractivity contribution in [3.63, 3.8) is 0 Å². The summed E-state index contributed by atoms with van der Waals surface area (Å²) in [5.41, 5.74) is 1.45. The molecule has 5 nitrogen and oxygen atoms in total. The monoisotopic (exact) mass is 553 g/mol. The molecular formula is C23H41INO4P. The molecule has 0 bridgehead atoms. The van der Waals surface area contributed by atoms with Crippen LogP contribution in [0.4, 0.5) is 0 Å². The number of rotatable bonds is 17. The van der Waals surface area contributed by atoms with E-state index in [4.69, 9.17) is 9.42 Å². The highest BCUT2D eigenvalue weighted by atomic mass is 127. The first-order valence-electron chi connectivity index (χ1n) is 11.3. The number of halogens is 1. The molecule has 1 aromatic rings. The highest BCUT2D eigenvalue weighted by molar-refractivity contribution is 14.1. The molecular weight excluding hydrogens is 512 g/mol. The maximum atomic E-state index is 11.1. The number of likely N-dealkylation sites (N-methyl/N-ethyl adjacent to an activating group) is 1. The molecule has 0 fully saturated rings. The molecule has 30 heavy (non-hydrogen) atoms. The molecule has 0 aromatic heterocycles. The van der Waals surface area contributed by atoms with E-state index >= 15 is 0 Å². The summed E-state index contributed by atoms with van der Waals surface area (Å²) >= 11 is 2.37. The zero-order valence-corrected chi connectivity index (χ0v) is 22.1. The number of hydrogen-bond acceptors (Lipinski definition) is 3. The highest BCUT2D eigenvalue weighted by Crippen LogP contribution is 2.34. The summed E-state index contributed by atoms with van der Waals surface area (Å²) in [5, 5.41) is 0. The third-order valence-electron chi connectivity index (χ3n) is 5.16. The smallest absolute Gasteiger partial charge is 0.265 e. The molecule has 0 aliphatic heterocycles. The second-order valence-electron chi connectivity index (χ2n) is 9.37. The van der Waals surface area contributed by atoms with Crippen LogP contribution in [-0.2, 0) is 15.5 Å². The molecule has 1 rings (SSSR count). The van der Waals surface area contributed by atoms with Crippen molar-refractivity contribution in [1.29, 1.82) is 0 Å². The van der Waals surface area contributed by atoms with Crippen LogP contribution in [0.3, 0.4) is 0 Å². The first-order valence-corrected chi connectivity index (χ1v) is 13.9. The minimum atomic E-state index is -4.67. The zero-order valence-electron chi connectivity index (χ0n) is 19.0. The summed E-state index contributed by atoms with van der Waals surface area (Å²) in [4.78, 5) is 20.1. The predicted molar refractivity (Wildman–Crippen MR) is 131 cm³/mol. The molecule has 0 aliphatic carbocycles. The predicted octanol–water partition coefficient (Wildman–Crippen LogP) is 5.68. The Morgan fingerprint density at radius 1 is 1.00 bits per heavy atom. The van der Waals surface area contributed by atoms with Gasteiger partial charge in [0.15, 0.2) is 0 Å². The fourth-order valence-corrected chi connectivity index (χ4v) is 4.94. The van der Waals surface area contributed by atoms with E-state index in [-0.39, 0.29) is 0 Å². The van der Waals surface area contributed by atoms with E-state index in [0.717, 1.165) is 12.8 Å². The Morgan fingerprint density at radius 3 is 2.03 bits per heavy atom. The molecule has 2 unspecified atom stereocenters. The molecule has 0 saturated heterocycles. The van der Waals surface area contributed by atoms with Gasteiger partial charge in [-0.1, -0.05) is 69.9 Å². The van der Waals surface area contributed by atoms with Crippen molar-refractivity contribution >= 4 is 30.4 Å². The van der Waals surface area contributed by atoms with E-state index in [1.165, 1.54) is 66.9 Å². The summed E-state index contributed by atoms with van der Waals surface area (Å²) in [6, 6.07) is 8.78. The molecule has 1 aromatic carbocycles. The van der Waals surface area contributed by atoms with Gasteiger partial charge in [0.05, 0.1) is 21.1 Å². The largest absolute Gasteiger partial charge is 0.756 e. The van der Waals surface area contributed by atoms with Crippen LogP contribution in [0, 0.1) is 3.57 Å². The van der Waals surface area contributed by atoms with Crippen LogP contribution in [0.5, 0.6) is 0 Å². The Balaban J connectivity index is 1.99. The van der Waals surface area contributed by atoms with Crippen LogP contribution in [0.1, 0.15) is 76.2 Å². The van der Waals surface area contributed by atoms with E-state index < -0.39 is 13.9 Å². The molecule has 0 spiro atoms. The van der Waals surface area contributed by atoms with Crippen LogP contribution in [0.15, 0.2) is 24.3 Å². The van der Waals surface area contributed by atoms with E-state index in [2.05, 4.69) is 46.9 Å². The maximum Gasteiger partial charge on any atom is 0.265 e. The molecule has 2 atom stereocenters. The maximum absolute atomic E-state index is 11.1. The number of phosphoric ester groups is 1. The van der Waals surface area contributed by atoms with Gasteiger partial charge in [-0.2, -0.15) is 0 Å². The molecule has 0 heterocycles. The van der Waals surface area contributed by atoms with Gasteiger partial charge in [-0.15, -0.1) is 0 Å². The van der Waals surface area contributed by atoms with Gasteiger partial charge in [0.1, 0.15) is 12.6 Å². The van der Waals surface area contributed by atoms with Crippen molar-refractivity contribution in [3.8, 4) is 0 Å². The molecule has 174 valence electrons. The number of benzene rings is 1. The average Bonchev–Trinajstić information content (AvgIpc) is 2.60. The number of phosphoric acid groups is 1. The normalized spacial score (nSPS) is 15.1. The van der Waals surface area contributed by atoms with Gasteiger partial charge in [-0.3, -0.25) is 4.57 Å². The standard InChI is InChI=1S/C23H41INO4P/c1-25(2,3)20-23(29-30(26,27)28)18-13-11-9-7-5-4-6-8-10-12-15-21-16-14-17-22(24)19-21/h14,16-17,19,23H,4-13,15,18,20H2,1-3H3,(H-,26,27,28). The number of unbranched alkanes of at least 4 members (excludes halogenated alkanes) is 9. The van der Waals surface area contributed by atoms with Crippen LogP contribution < -0.4 is 4.89 Å². The molecule has 0 radical (unpaired) electrons. The van der Waals surface area contributed by atoms with Crippen molar-refractivity contribution in [3.05, 3.63) is 33.4 Å². The second kappa shape index (κ2) is 15.0. The van der Waals surface area contributed by atoms with Gasteiger partial charge >= 0.3 is 0 Å². The summed E-state index contributed by atoms with van der Waals surface area (Å²) in [6.07, 6.45) is 13.7. The van der Waals surface area contributed by atoms with Crippen molar-refractivity contribution < 1.29 is 23.4 Å². The summed E-state index contributed by atoms with van der Waals surface area (Å²) in [5.74, 6) is 0. The third-order valence-corrected chi connectivity index (χ3v) is 6.40. The molecule has 0 amide bonds. The minimum Gasteiger partial charge on any atom is -0.756 e. The topological polar surface area (TPSA) is 69.6 Å². The van der Waals surface area contributed by atoms with E-state index in [9.17, 15) is 9.46 Å². The van der Waals surface area contributed by atoms with Crippen LogP contribution in [-0.4, -0.2) is 43.2 Å². The van der Waals surface area contributed by atoms with Gasteiger partial charge in [0, 0.05) is 3.57 Å². The second-order valence-corrected chi connectivity index (χ2v) is 11.8. The van der Waals surface area contributed by atoms with Gasteiger partial charge in [-0.25, -0.2) is 0 Å². The Hall–Kier alpha value is 0.0200. The van der Waals surface area contributed by atoms with Gasteiger partial charge in [0.2, 0.25) is 0 Å². The number of quaternary nitrogens is 1. The Labute approximate surface area is 197 Å². The quantitative estimate of drug-likeness (QED) is 0.117. The molecule has 7 heteroatoms. The third kappa shape index (κ3) is 16.7. The van der Waals surface area contributed by atoms with E-state index in [1.54, 1.807) is 0 Å². The fourth-order valence-electron chi connectivity index (χ4n) is 3.78. The summed E-state index contributed by atoms with van der Waals surface area (Å²) in [7, 11) is 1.31. The highest BCUT2D eigenvalue weighted by Gasteiger charge is 2.22. The first kappa shape index (κ1) is 28.1. The van der Waals surface area contributed by atoms with Crippen LogP contribution in [0.2, 0.25) is 0 Å². The minimum absolute atomic E-state index is 0.447. The van der Waals surface area contributed by atoms with Crippen molar-refractivity contribution in [2.45, 2.75) is 83.2 Å². The van der Waals surface area contributed by atoms with Gasteiger partial charge < -0.3 is 18.8 Å². The molecule has 1 N–H and O–H groups in total. The average molecular weight is 553 g/mol. The first-order chi connectivity index (χ1) is 14.1. The Morgan fingerprint density at radius 2 is 1.53 bits per heavy atom. The number of aryl methyl sites for hydroxylation is 1. The van der Waals surface area contributed by atoms with Gasteiger partial charge in [0.25, 0.3) is 7.82 Å². The summed E-state index contributed by atoms with van der Waals surface area (Å²) in [6.45, 7) is 0.566. The fraction of sp³-hybridized carbons (Fsp3) is 0.739. The van der Waals surface area contributed by atoms with E-state index in [1.807, 2.05) is 21.1 Å². The molecule has 0 aliphatic rings. The lowest BCUT2D eigenvalue weighted by Gasteiger charge is -2.31. The Bertz CT molecular complexity index is 630. The van der Waals surface area contributed by atoms with Crippen LogP contribution >= 0.6 is 30.4 Å². The lowest BCUT2D eigenvalue weighted by atomic mass is 10.0. The SMILES string of the molecule is C[N+](C)(C)CC(CCCCCCCCCCCCc1cccc(I)c1)OP(=O)([O-])O. The summed E-state index contributed by atoms with van der Waals surface area (Å²) < 4.78 is 17.9. The molecule has 0 saturated carbocycles. The van der Waals surface area contributed by atoms with E-state index in [0.29, 0.717) is 17.4 Å². The lowest BCUT2D eigenvalue weighted by Crippen LogP contribution is -2.42. The number of hydrogen-bond donors (Lipinski definition) is 1.